The maximum Gasteiger partial charge on any atom is 0.0619 e. The summed E-state index contributed by atoms with van der Waals surface area (Å²) in [6.07, 6.45) is 0. The first kappa shape index (κ1) is 37.1. The smallest absolute Gasteiger partial charge is 0.0619 e. The van der Waals surface area contributed by atoms with Gasteiger partial charge in [0.25, 0.3) is 0 Å². The zero-order valence-corrected chi connectivity index (χ0v) is 36.7. The van der Waals surface area contributed by atoms with Crippen LogP contribution >= 0.6 is 11.3 Å². The number of hydrogen-bond donors (Lipinski definition) is 0. The van der Waals surface area contributed by atoms with E-state index < -0.39 is 0 Å². The van der Waals surface area contributed by atoms with E-state index >= 15 is 0 Å². The van der Waals surface area contributed by atoms with Crippen molar-refractivity contribution < 1.29 is 0 Å². The Morgan fingerprint density at radius 3 is 1.36 bits per heavy atom. The second-order valence-corrected chi connectivity index (χ2v) is 18.5. The van der Waals surface area contributed by atoms with Gasteiger partial charge in [0.15, 0.2) is 0 Å². The second kappa shape index (κ2) is 14.6. The van der Waals surface area contributed by atoms with Crippen molar-refractivity contribution in [2.75, 3.05) is 0 Å². The fraction of sp³-hybridized carbons (Fsp3) is 0. The highest BCUT2D eigenvalue weighted by Gasteiger charge is 2.23. The van der Waals surface area contributed by atoms with E-state index in [1.54, 1.807) is 0 Å². The molecule has 2 heteroatoms. The highest BCUT2D eigenvalue weighted by Crippen LogP contribution is 2.50. The summed E-state index contributed by atoms with van der Waals surface area (Å²) in [6.45, 7) is 0. The summed E-state index contributed by atoms with van der Waals surface area (Å²) in [5.74, 6) is 0. The molecule has 2 heterocycles. The van der Waals surface area contributed by atoms with E-state index in [9.17, 15) is 0 Å². The van der Waals surface area contributed by atoms with Crippen molar-refractivity contribution in [2.45, 2.75) is 0 Å². The van der Waals surface area contributed by atoms with Crippen LogP contribution in [0.5, 0.6) is 0 Å². The van der Waals surface area contributed by atoms with Gasteiger partial charge in [0.1, 0.15) is 0 Å². The van der Waals surface area contributed by atoms with Crippen LogP contribution in [-0.4, -0.2) is 4.57 Å². The van der Waals surface area contributed by atoms with Gasteiger partial charge < -0.3 is 4.57 Å². The summed E-state index contributed by atoms with van der Waals surface area (Å²) < 4.78 is 5.13. The number of nitrogens with zero attached hydrogens (tertiary/aromatic N) is 1. The van der Waals surface area contributed by atoms with E-state index in [-0.39, 0.29) is 0 Å². The maximum absolute atomic E-state index is 2.52. The van der Waals surface area contributed by atoms with E-state index in [2.05, 4.69) is 241 Å². The van der Waals surface area contributed by atoms with Crippen molar-refractivity contribution in [2.24, 2.45) is 0 Å². The molecule has 306 valence electrons. The summed E-state index contributed by atoms with van der Waals surface area (Å²) >= 11 is 1.92. The lowest BCUT2D eigenvalue weighted by atomic mass is 9.86. The van der Waals surface area contributed by atoms with Gasteiger partial charge >= 0.3 is 0 Å². The Morgan fingerprint density at radius 1 is 0.258 bits per heavy atom. The summed E-state index contributed by atoms with van der Waals surface area (Å²) in [5, 5.41) is 15.2. The van der Waals surface area contributed by atoms with Gasteiger partial charge in [-0.25, -0.2) is 0 Å². The van der Waals surface area contributed by atoms with Crippen molar-refractivity contribution in [3.8, 4) is 50.2 Å². The Hall–Kier alpha value is -8.30. The summed E-state index contributed by atoms with van der Waals surface area (Å²) in [4.78, 5) is 0. The van der Waals surface area contributed by atoms with Crippen molar-refractivity contribution in [1.29, 1.82) is 0 Å². The summed E-state index contributed by atoms with van der Waals surface area (Å²) in [6, 6.07) is 87.6. The predicted molar refractivity (Wildman–Crippen MR) is 285 cm³/mol. The van der Waals surface area contributed by atoms with Gasteiger partial charge in [-0.05, 0) is 95.5 Å². The third-order valence-electron chi connectivity index (χ3n) is 14.0. The van der Waals surface area contributed by atoms with Crippen LogP contribution in [0, 0.1) is 0 Å². The number of rotatable bonds is 5. The van der Waals surface area contributed by atoms with Gasteiger partial charge in [-0.15, -0.1) is 11.3 Å². The lowest BCUT2D eigenvalue weighted by Gasteiger charge is -2.19. The Morgan fingerprint density at radius 2 is 0.727 bits per heavy atom. The molecule has 66 heavy (non-hydrogen) atoms. The first-order valence-corrected chi connectivity index (χ1v) is 23.6. The topological polar surface area (TPSA) is 4.93 Å². The van der Waals surface area contributed by atoms with Crippen LogP contribution in [0.3, 0.4) is 0 Å². The van der Waals surface area contributed by atoms with Gasteiger partial charge in [0, 0.05) is 47.3 Å². The van der Waals surface area contributed by atoms with E-state index in [0.29, 0.717) is 0 Å². The standard InChI is InChI=1S/C64H39NS/c1-3-18-40(19-4-1)42-35-37-58-56(38-42)44-22-15-16-33-57(44)65(58)63-52-29-13-11-27-50(52)61(51-28-12-14-30-53(51)63)43-34-36-45-54-31-17-32-55(64(54)66-59(45)39-43)62-48-25-9-7-23-46(48)60(41-20-5-2-6-21-41)47-24-8-10-26-49(47)62/h1-39H. The van der Waals surface area contributed by atoms with Crippen molar-refractivity contribution >= 4 is 96.4 Å². The molecule has 0 saturated heterocycles. The molecule has 14 aromatic rings. The normalized spacial score (nSPS) is 11.9. The highest BCUT2D eigenvalue weighted by atomic mass is 32.1. The van der Waals surface area contributed by atoms with Crippen LogP contribution in [0.25, 0.3) is 135 Å². The van der Waals surface area contributed by atoms with E-state index in [1.165, 1.54) is 135 Å². The number of thiophene rings is 1. The predicted octanol–water partition coefficient (Wildman–Crippen LogP) is 18.4. The molecular formula is C64H39NS. The quantitative estimate of drug-likeness (QED) is 0.152. The van der Waals surface area contributed by atoms with Crippen molar-refractivity contribution in [3.05, 3.63) is 237 Å². The van der Waals surface area contributed by atoms with E-state index in [0.717, 1.165) is 0 Å². The molecule has 0 bridgehead atoms. The minimum absolute atomic E-state index is 1.21. The van der Waals surface area contributed by atoms with Crippen LogP contribution in [0.15, 0.2) is 237 Å². The Kier molecular flexibility index (Phi) is 8.22. The van der Waals surface area contributed by atoms with Crippen LogP contribution in [0.2, 0.25) is 0 Å². The van der Waals surface area contributed by atoms with Crippen LogP contribution in [0.1, 0.15) is 0 Å². The molecule has 0 aliphatic rings. The molecular weight excluding hydrogens is 815 g/mol. The number of para-hydroxylation sites is 1. The van der Waals surface area contributed by atoms with E-state index in [1.807, 2.05) is 11.3 Å². The molecule has 2 aromatic heterocycles. The Labute approximate surface area is 385 Å². The molecule has 0 N–H and O–H groups in total. The van der Waals surface area contributed by atoms with Crippen LogP contribution < -0.4 is 0 Å². The molecule has 0 radical (unpaired) electrons. The summed E-state index contributed by atoms with van der Waals surface area (Å²) in [7, 11) is 0. The first-order valence-electron chi connectivity index (χ1n) is 22.8. The lowest BCUT2D eigenvalue weighted by molar-refractivity contribution is 1.21. The van der Waals surface area contributed by atoms with Crippen LogP contribution in [-0.2, 0) is 0 Å². The van der Waals surface area contributed by atoms with Gasteiger partial charge in [0.2, 0.25) is 0 Å². The molecule has 14 rings (SSSR count). The summed E-state index contributed by atoms with van der Waals surface area (Å²) in [5.41, 5.74) is 13.7. The average Bonchev–Trinajstić information content (AvgIpc) is 3.93. The van der Waals surface area contributed by atoms with Gasteiger partial charge in [-0.1, -0.05) is 212 Å². The Bertz CT molecular complexity index is 4160. The highest BCUT2D eigenvalue weighted by molar-refractivity contribution is 7.26. The number of hydrogen-bond acceptors (Lipinski definition) is 1. The van der Waals surface area contributed by atoms with Crippen molar-refractivity contribution in [3.63, 3.8) is 0 Å². The SMILES string of the molecule is c1ccc(-c2ccc3c(c2)c2ccccc2n3-c2c3ccccc3c(-c3ccc4c(c3)sc3c(-c5c6ccccc6c(-c6ccccc6)c6ccccc56)cccc34)c3ccccc23)cc1. The molecule has 0 saturated carbocycles. The number of aromatic nitrogens is 1. The molecule has 0 unspecified atom stereocenters. The lowest BCUT2D eigenvalue weighted by Crippen LogP contribution is -1.99. The molecule has 0 amide bonds. The minimum Gasteiger partial charge on any atom is -0.308 e. The number of benzene rings is 12. The average molecular weight is 854 g/mol. The molecule has 0 aliphatic heterocycles. The number of fused-ring (bicyclic) bond motifs is 10. The van der Waals surface area contributed by atoms with Gasteiger partial charge in [-0.3, -0.25) is 0 Å². The molecule has 0 atom stereocenters. The molecule has 0 spiro atoms. The second-order valence-electron chi connectivity index (χ2n) is 17.5. The molecule has 0 fully saturated rings. The fourth-order valence-electron chi connectivity index (χ4n) is 11.2. The third-order valence-corrected chi connectivity index (χ3v) is 15.2. The zero-order valence-electron chi connectivity index (χ0n) is 35.9. The van der Waals surface area contributed by atoms with E-state index in [4.69, 9.17) is 0 Å². The first-order chi connectivity index (χ1) is 32.8. The monoisotopic (exact) mass is 853 g/mol. The molecule has 0 aliphatic carbocycles. The third kappa shape index (κ3) is 5.46. The molecule has 12 aromatic carbocycles. The maximum atomic E-state index is 2.52. The van der Waals surface area contributed by atoms with Gasteiger partial charge in [0.05, 0.1) is 16.7 Å². The fourth-order valence-corrected chi connectivity index (χ4v) is 12.4. The Balaban J connectivity index is 0.995. The zero-order chi connectivity index (χ0) is 43.3. The molecule has 1 nitrogen and oxygen atoms in total. The van der Waals surface area contributed by atoms with Crippen molar-refractivity contribution in [1.82, 2.24) is 4.57 Å². The van der Waals surface area contributed by atoms with Crippen LogP contribution in [0.4, 0.5) is 0 Å². The largest absolute Gasteiger partial charge is 0.308 e. The van der Waals surface area contributed by atoms with Gasteiger partial charge in [-0.2, -0.15) is 0 Å². The minimum atomic E-state index is 1.21.